The Balaban J connectivity index is 1.80. The molecule has 136 valence electrons. The van der Waals surface area contributed by atoms with E-state index in [1.807, 2.05) is 27.0 Å². The summed E-state index contributed by atoms with van der Waals surface area (Å²) in [5.74, 6) is 0.578. The lowest BCUT2D eigenvalue weighted by Crippen LogP contribution is -2.42. The lowest BCUT2D eigenvalue weighted by Gasteiger charge is -2.32. The monoisotopic (exact) mass is 335 g/mol. The van der Waals surface area contributed by atoms with E-state index in [0.29, 0.717) is 19.0 Å². The molecule has 24 heavy (non-hydrogen) atoms. The number of carbonyl (C=O) groups is 1. The maximum atomic E-state index is 12.1. The number of likely N-dealkylation sites (tertiary alicyclic amines) is 1. The molecule has 0 spiro atoms. The van der Waals surface area contributed by atoms with Gasteiger partial charge in [0.1, 0.15) is 5.60 Å². The van der Waals surface area contributed by atoms with Crippen molar-refractivity contribution in [3.8, 4) is 0 Å². The molecule has 1 amide bonds. The molecule has 0 aromatic rings. The summed E-state index contributed by atoms with van der Waals surface area (Å²) in [6.07, 6.45) is 11.7. The smallest absolute Gasteiger partial charge is 0.410 e. The Hall–Kier alpha value is -1.52. The van der Waals surface area contributed by atoms with E-state index in [-0.39, 0.29) is 12.1 Å². The van der Waals surface area contributed by atoms with Crippen LogP contribution >= 0.6 is 0 Å². The van der Waals surface area contributed by atoms with E-state index in [0.717, 1.165) is 12.8 Å². The highest BCUT2D eigenvalue weighted by molar-refractivity contribution is 5.79. The highest BCUT2D eigenvalue weighted by Crippen LogP contribution is 2.28. The number of nitrogens with two attached hydrogens (primary N) is 1. The Morgan fingerprint density at radius 3 is 2.29 bits per heavy atom. The van der Waals surface area contributed by atoms with E-state index in [4.69, 9.17) is 15.5 Å². The van der Waals surface area contributed by atoms with Crippen molar-refractivity contribution in [1.82, 2.24) is 4.90 Å². The molecular formula is C19H33N3O2. The number of allylic oxidation sites excluding steroid dienone is 1. The number of piperidine rings is 1. The van der Waals surface area contributed by atoms with Gasteiger partial charge in [-0.1, -0.05) is 19.3 Å². The number of hydrogen-bond acceptors (Lipinski definition) is 4. The molecule has 0 bridgehead atoms. The van der Waals surface area contributed by atoms with Crippen LogP contribution < -0.4 is 5.73 Å². The SMILES string of the molecule is CC(C)(C)OC(=O)N1CCC(N=CC(=CN)C2CCCCC2)CC1. The second-order valence-corrected chi connectivity index (χ2v) is 7.98. The Morgan fingerprint density at radius 2 is 1.75 bits per heavy atom. The molecule has 2 fully saturated rings. The van der Waals surface area contributed by atoms with Crippen LogP contribution in [0.5, 0.6) is 0 Å². The van der Waals surface area contributed by atoms with Gasteiger partial charge in [0, 0.05) is 19.3 Å². The fourth-order valence-corrected chi connectivity index (χ4v) is 3.44. The van der Waals surface area contributed by atoms with Crippen LogP contribution in [0.1, 0.15) is 65.7 Å². The second kappa shape index (κ2) is 8.54. The van der Waals surface area contributed by atoms with Crippen molar-refractivity contribution < 1.29 is 9.53 Å². The fraction of sp³-hybridized carbons (Fsp3) is 0.789. The largest absolute Gasteiger partial charge is 0.444 e. The van der Waals surface area contributed by atoms with E-state index >= 15 is 0 Å². The first-order valence-corrected chi connectivity index (χ1v) is 9.32. The number of hydrogen-bond donors (Lipinski definition) is 1. The maximum absolute atomic E-state index is 12.1. The number of carbonyl (C=O) groups excluding carboxylic acids is 1. The standard InChI is InChI=1S/C19H33N3O2/c1-19(2,3)24-18(23)22-11-9-17(10-12-22)21-14-16(13-20)15-7-5-4-6-8-15/h13-15,17H,4-12,20H2,1-3H3. The van der Waals surface area contributed by atoms with Crippen LogP contribution in [0.25, 0.3) is 0 Å². The number of nitrogens with zero attached hydrogens (tertiary/aromatic N) is 2. The predicted molar refractivity (Wildman–Crippen MR) is 98.2 cm³/mol. The Bertz CT molecular complexity index is 465. The van der Waals surface area contributed by atoms with E-state index in [2.05, 4.69) is 0 Å². The van der Waals surface area contributed by atoms with Crippen molar-refractivity contribution in [3.05, 3.63) is 11.8 Å². The van der Waals surface area contributed by atoms with Gasteiger partial charge in [-0.3, -0.25) is 4.99 Å². The number of amides is 1. The van der Waals surface area contributed by atoms with E-state index in [1.54, 1.807) is 11.1 Å². The Kier molecular flexibility index (Phi) is 6.69. The van der Waals surface area contributed by atoms with Gasteiger partial charge >= 0.3 is 6.09 Å². The molecule has 0 atom stereocenters. The molecule has 0 unspecified atom stereocenters. The molecule has 2 aliphatic rings. The summed E-state index contributed by atoms with van der Waals surface area (Å²) in [5.41, 5.74) is 6.56. The summed E-state index contributed by atoms with van der Waals surface area (Å²) in [7, 11) is 0. The first kappa shape index (κ1) is 18.8. The van der Waals surface area contributed by atoms with E-state index < -0.39 is 5.60 Å². The van der Waals surface area contributed by atoms with Crippen molar-refractivity contribution in [2.24, 2.45) is 16.6 Å². The molecule has 1 aliphatic heterocycles. The average molecular weight is 335 g/mol. The molecule has 1 aliphatic carbocycles. The molecule has 1 heterocycles. The van der Waals surface area contributed by atoms with Crippen LogP contribution in [0.3, 0.4) is 0 Å². The third-order valence-corrected chi connectivity index (χ3v) is 4.82. The molecule has 1 saturated carbocycles. The normalized spacial score (nSPS) is 22.1. The fourth-order valence-electron chi connectivity index (χ4n) is 3.44. The summed E-state index contributed by atoms with van der Waals surface area (Å²) >= 11 is 0. The van der Waals surface area contributed by atoms with Crippen LogP contribution in [-0.2, 0) is 4.74 Å². The van der Waals surface area contributed by atoms with Gasteiger partial charge in [-0.15, -0.1) is 0 Å². The third kappa shape index (κ3) is 5.84. The minimum Gasteiger partial charge on any atom is -0.444 e. The molecule has 1 saturated heterocycles. The lowest BCUT2D eigenvalue weighted by atomic mass is 9.84. The summed E-state index contributed by atoms with van der Waals surface area (Å²) in [6, 6.07) is 0.280. The highest BCUT2D eigenvalue weighted by Gasteiger charge is 2.26. The second-order valence-electron chi connectivity index (χ2n) is 7.98. The maximum Gasteiger partial charge on any atom is 0.410 e. The van der Waals surface area contributed by atoms with Crippen molar-refractivity contribution >= 4 is 12.3 Å². The zero-order chi connectivity index (χ0) is 17.6. The number of ether oxygens (including phenoxy) is 1. The van der Waals surface area contributed by atoms with Gasteiger partial charge in [0.2, 0.25) is 0 Å². The quantitative estimate of drug-likeness (QED) is 0.796. The number of rotatable bonds is 3. The van der Waals surface area contributed by atoms with Crippen molar-refractivity contribution in [3.63, 3.8) is 0 Å². The van der Waals surface area contributed by atoms with Crippen LogP contribution in [0.4, 0.5) is 4.79 Å². The molecule has 2 N–H and O–H groups in total. The molecular weight excluding hydrogens is 302 g/mol. The summed E-state index contributed by atoms with van der Waals surface area (Å²) in [4.78, 5) is 18.6. The average Bonchev–Trinajstić information content (AvgIpc) is 2.55. The minimum absolute atomic E-state index is 0.213. The van der Waals surface area contributed by atoms with Gasteiger partial charge in [0.05, 0.1) is 6.04 Å². The van der Waals surface area contributed by atoms with Crippen LogP contribution in [0, 0.1) is 5.92 Å². The molecule has 0 aromatic heterocycles. The van der Waals surface area contributed by atoms with Crippen LogP contribution in [0.2, 0.25) is 0 Å². The minimum atomic E-state index is -0.438. The molecule has 0 aromatic carbocycles. The van der Waals surface area contributed by atoms with Crippen LogP contribution in [0.15, 0.2) is 16.8 Å². The van der Waals surface area contributed by atoms with Gasteiger partial charge in [0.15, 0.2) is 0 Å². The van der Waals surface area contributed by atoms with Crippen molar-refractivity contribution in [2.45, 2.75) is 77.4 Å². The van der Waals surface area contributed by atoms with Crippen LogP contribution in [-0.4, -0.2) is 41.9 Å². The first-order valence-electron chi connectivity index (χ1n) is 9.32. The molecule has 5 heteroatoms. The third-order valence-electron chi connectivity index (χ3n) is 4.82. The predicted octanol–water partition coefficient (Wildman–Crippen LogP) is 3.88. The highest BCUT2D eigenvalue weighted by atomic mass is 16.6. The summed E-state index contributed by atoms with van der Waals surface area (Å²) in [5, 5.41) is 0. The molecule has 5 nitrogen and oxygen atoms in total. The summed E-state index contributed by atoms with van der Waals surface area (Å²) in [6.45, 7) is 7.11. The van der Waals surface area contributed by atoms with Gasteiger partial charge < -0.3 is 15.4 Å². The van der Waals surface area contributed by atoms with Crippen molar-refractivity contribution in [2.75, 3.05) is 13.1 Å². The van der Waals surface area contributed by atoms with E-state index in [1.165, 1.54) is 37.7 Å². The van der Waals surface area contributed by atoms with Gasteiger partial charge in [-0.2, -0.15) is 0 Å². The summed E-state index contributed by atoms with van der Waals surface area (Å²) < 4.78 is 5.43. The first-order chi connectivity index (χ1) is 11.4. The topological polar surface area (TPSA) is 67.9 Å². The van der Waals surface area contributed by atoms with Gasteiger partial charge in [0.25, 0.3) is 0 Å². The zero-order valence-corrected chi connectivity index (χ0v) is 15.5. The zero-order valence-electron chi connectivity index (χ0n) is 15.5. The molecule has 2 rings (SSSR count). The number of aliphatic imine (C=N–C) groups is 1. The van der Waals surface area contributed by atoms with Gasteiger partial charge in [-0.05, 0) is 64.1 Å². The Labute approximate surface area is 146 Å². The molecule has 0 radical (unpaired) electrons. The lowest BCUT2D eigenvalue weighted by molar-refractivity contribution is 0.0207. The van der Waals surface area contributed by atoms with Gasteiger partial charge in [-0.25, -0.2) is 4.79 Å². The Morgan fingerprint density at radius 1 is 1.12 bits per heavy atom. The van der Waals surface area contributed by atoms with E-state index in [9.17, 15) is 4.79 Å². The van der Waals surface area contributed by atoms with Crippen molar-refractivity contribution in [1.29, 1.82) is 0 Å².